The highest BCUT2D eigenvalue weighted by Crippen LogP contribution is 2.15. The predicted octanol–water partition coefficient (Wildman–Crippen LogP) is 3.77. The van der Waals surface area contributed by atoms with E-state index in [9.17, 15) is 0 Å². The Kier molecular flexibility index (Phi) is 8.81. The smallest absolute Gasteiger partial charge is 0.191 e. The van der Waals surface area contributed by atoms with Crippen molar-refractivity contribution in [3.05, 3.63) is 53.2 Å². The summed E-state index contributed by atoms with van der Waals surface area (Å²) in [4.78, 5) is 8.94. The van der Waals surface area contributed by atoms with Gasteiger partial charge in [0.15, 0.2) is 5.96 Å². The Morgan fingerprint density at radius 1 is 1.25 bits per heavy atom. The van der Waals surface area contributed by atoms with Crippen molar-refractivity contribution in [2.75, 3.05) is 13.1 Å². The zero-order valence-electron chi connectivity index (χ0n) is 14.8. The van der Waals surface area contributed by atoms with Gasteiger partial charge >= 0.3 is 0 Å². The van der Waals surface area contributed by atoms with Crippen molar-refractivity contribution in [2.24, 2.45) is 4.99 Å². The van der Waals surface area contributed by atoms with Gasteiger partial charge in [-0.3, -0.25) is 9.98 Å². The molecule has 1 unspecified atom stereocenters. The summed E-state index contributed by atoms with van der Waals surface area (Å²) < 4.78 is 5.66. The first-order valence-corrected chi connectivity index (χ1v) is 8.11. The van der Waals surface area contributed by atoms with Crippen LogP contribution in [0, 0.1) is 13.8 Å². The number of rotatable bonds is 6. The number of hydrogen-bond acceptors (Lipinski definition) is 3. The SMILES string of the molecule is CCNC(=NCCc1ccc(C)nc1)NC(C)c1ccc(C)o1.I. The van der Waals surface area contributed by atoms with E-state index in [0.717, 1.165) is 36.1 Å². The van der Waals surface area contributed by atoms with Crippen LogP contribution in [-0.2, 0) is 6.42 Å². The van der Waals surface area contributed by atoms with Crippen LogP contribution in [0.4, 0.5) is 0 Å². The van der Waals surface area contributed by atoms with Gasteiger partial charge in [0, 0.05) is 25.0 Å². The molecule has 0 saturated carbocycles. The van der Waals surface area contributed by atoms with Crippen LogP contribution in [0.25, 0.3) is 0 Å². The lowest BCUT2D eigenvalue weighted by Crippen LogP contribution is -2.38. The minimum atomic E-state index is 0. The summed E-state index contributed by atoms with van der Waals surface area (Å²) in [6, 6.07) is 8.18. The van der Waals surface area contributed by atoms with Crippen LogP contribution < -0.4 is 10.6 Å². The molecule has 2 heterocycles. The van der Waals surface area contributed by atoms with Crippen LogP contribution in [0.2, 0.25) is 0 Å². The topological polar surface area (TPSA) is 62.5 Å². The van der Waals surface area contributed by atoms with Crippen molar-refractivity contribution >= 4 is 29.9 Å². The Hall–Kier alpha value is -1.57. The third-order valence-electron chi connectivity index (χ3n) is 3.53. The third kappa shape index (κ3) is 6.51. The molecule has 0 spiro atoms. The highest BCUT2D eigenvalue weighted by atomic mass is 127. The van der Waals surface area contributed by atoms with Gasteiger partial charge in [0.25, 0.3) is 0 Å². The molecule has 2 aromatic rings. The molecule has 0 bridgehead atoms. The van der Waals surface area contributed by atoms with Crippen LogP contribution in [0.15, 0.2) is 39.9 Å². The normalized spacial score (nSPS) is 12.4. The number of aliphatic imine (C=N–C) groups is 1. The van der Waals surface area contributed by atoms with Crippen LogP contribution >= 0.6 is 24.0 Å². The summed E-state index contributed by atoms with van der Waals surface area (Å²) in [5, 5.41) is 6.64. The number of pyridine rings is 1. The minimum Gasteiger partial charge on any atom is -0.464 e. The number of nitrogens with one attached hydrogen (secondary N) is 2. The van der Waals surface area contributed by atoms with E-state index >= 15 is 0 Å². The van der Waals surface area contributed by atoms with Gasteiger partial charge in [0.05, 0.1) is 6.04 Å². The molecule has 0 fully saturated rings. The monoisotopic (exact) mass is 442 g/mol. The van der Waals surface area contributed by atoms with Gasteiger partial charge in [0.2, 0.25) is 0 Å². The summed E-state index contributed by atoms with van der Waals surface area (Å²) in [6.45, 7) is 9.60. The lowest BCUT2D eigenvalue weighted by atomic mass is 10.2. The molecule has 1 atom stereocenters. The average Bonchev–Trinajstić information content (AvgIpc) is 2.96. The molecule has 0 aliphatic rings. The maximum absolute atomic E-state index is 5.66. The zero-order chi connectivity index (χ0) is 16.7. The molecule has 132 valence electrons. The Labute approximate surface area is 161 Å². The van der Waals surface area contributed by atoms with Gasteiger partial charge in [-0.25, -0.2) is 0 Å². The minimum absolute atomic E-state index is 0. The van der Waals surface area contributed by atoms with Crippen molar-refractivity contribution in [2.45, 2.75) is 40.2 Å². The molecular weight excluding hydrogens is 415 g/mol. The quantitative estimate of drug-likeness (QED) is 0.406. The second-order valence-corrected chi connectivity index (χ2v) is 5.63. The first-order chi connectivity index (χ1) is 11.1. The van der Waals surface area contributed by atoms with Gasteiger partial charge < -0.3 is 15.1 Å². The fraction of sp³-hybridized carbons (Fsp3) is 0.444. The molecule has 0 aliphatic heterocycles. The summed E-state index contributed by atoms with van der Waals surface area (Å²) >= 11 is 0. The van der Waals surface area contributed by atoms with Crippen LogP contribution in [0.3, 0.4) is 0 Å². The van der Waals surface area contributed by atoms with Crippen molar-refractivity contribution in [3.63, 3.8) is 0 Å². The molecule has 2 rings (SSSR count). The Morgan fingerprint density at radius 3 is 2.62 bits per heavy atom. The van der Waals surface area contributed by atoms with Crippen molar-refractivity contribution < 1.29 is 4.42 Å². The highest BCUT2D eigenvalue weighted by molar-refractivity contribution is 14.0. The Morgan fingerprint density at radius 2 is 2.04 bits per heavy atom. The van der Waals surface area contributed by atoms with E-state index in [1.54, 1.807) is 0 Å². The van der Waals surface area contributed by atoms with E-state index in [2.05, 4.69) is 40.5 Å². The number of furan rings is 1. The second kappa shape index (κ2) is 10.3. The van der Waals surface area contributed by atoms with E-state index in [0.29, 0.717) is 6.54 Å². The Balaban J connectivity index is 0.00000288. The zero-order valence-corrected chi connectivity index (χ0v) is 17.1. The van der Waals surface area contributed by atoms with Crippen LogP contribution in [-0.4, -0.2) is 24.0 Å². The molecule has 0 radical (unpaired) electrons. The molecule has 6 heteroatoms. The molecular formula is C18H27IN4O. The van der Waals surface area contributed by atoms with Gasteiger partial charge in [-0.15, -0.1) is 24.0 Å². The van der Waals surface area contributed by atoms with Gasteiger partial charge in [-0.1, -0.05) is 6.07 Å². The largest absolute Gasteiger partial charge is 0.464 e. The number of hydrogen-bond donors (Lipinski definition) is 2. The first kappa shape index (κ1) is 20.5. The van der Waals surface area contributed by atoms with Crippen LogP contribution in [0.1, 0.15) is 42.7 Å². The van der Waals surface area contributed by atoms with Crippen molar-refractivity contribution in [1.82, 2.24) is 15.6 Å². The third-order valence-corrected chi connectivity index (χ3v) is 3.53. The Bertz CT molecular complexity index is 637. The standard InChI is InChI=1S/C18H26N4O.HI/c1-5-19-18(22-15(4)17-9-7-14(3)23-17)20-11-10-16-8-6-13(2)21-12-16;/h6-9,12,15H,5,10-11H2,1-4H3,(H2,19,20,22);1H. The predicted molar refractivity (Wildman–Crippen MR) is 109 cm³/mol. The number of nitrogens with zero attached hydrogens (tertiary/aromatic N) is 2. The lowest BCUT2D eigenvalue weighted by molar-refractivity contribution is 0.441. The fourth-order valence-electron chi connectivity index (χ4n) is 2.23. The average molecular weight is 442 g/mol. The van der Waals surface area contributed by atoms with E-state index < -0.39 is 0 Å². The van der Waals surface area contributed by atoms with Gasteiger partial charge in [0.1, 0.15) is 11.5 Å². The summed E-state index contributed by atoms with van der Waals surface area (Å²) in [6.07, 6.45) is 2.79. The summed E-state index contributed by atoms with van der Waals surface area (Å²) in [5.41, 5.74) is 2.24. The molecule has 2 N–H and O–H groups in total. The van der Waals surface area contributed by atoms with E-state index in [1.165, 1.54) is 5.56 Å². The number of guanidine groups is 1. The van der Waals surface area contributed by atoms with Gasteiger partial charge in [-0.2, -0.15) is 0 Å². The van der Waals surface area contributed by atoms with E-state index in [1.807, 2.05) is 38.2 Å². The highest BCUT2D eigenvalue weighted by Gasteiger charge is 2.11. The second-order valence-electron chi connectivity index (χ2n) is 5.63. The lowest BCUT2D eigenvalue weighted by Gasteiger charge is -2.16. The molecule has 24 heavy (non-hydrogen) atoms. The van der Waals surface area contributed by atoms with E-state index in [-0.39, 0.29) is 30.0 Å². The number of halogens is 1. The van der Waals surface area contributed by atoms with Crippen LogP contribution in [0.5, 0.6) is 0 Å². The number of aromatic nitrogens is 1. The molecule has 0 saturated heterocycles. The summed E-state index contributed by atoms with van der Waals surface area (Å²) in [7, 11) is 0. The molecule has 0 aliphatic carbocycles. The van der Waals surface area contributed by atoms with Gasteiger partial charge in [-0.05, 0) is 57.9 Å². The maximum Gasteiger partial charge on any atom is 0.191 e. The molecule has 2 aromatic heterocycles. The number of aryl methyl sites for hydroxylation is 2. The fourth-order valence-corrected chi connectivity index (χ4v) is 2.23. The molecule has 0 aromatic carbocycles. The summed E-state index contributed by atoms with van der Waals surface area (Å²) in [5.74, 6) is 2.63. The molecule has 0 amide bonds. The van der Waals surface area contributed by atoms with Crippen molar-refractivity contribution in [1.29, 1.82) is 0 Å². The van der Waals surface area contributed by atoms with Crippen molar-refractivity contribution in [3.8, 4) is 0 Å². The first-order valence-electron chi connectivity index (χ1n) is 8.11. The molecule has 5 nitrogen and oxygen atoms in total. The van der Waals surface area contributed by atoms with E-state index in [4.69, 9.17) is 4.42 Å². The maximum atomic E-state index is 5.66.